The molecule has 0 saturated heterocycles. The van der Waals surface area contributed by atoms with Crippen molar-refractivity contribution >= 4 is 23.6 Å². The van der Waals surface area contributed by atoms with E-state index in [1.807, 2.05) is 7.05 Å². The molecule has 0 unspecified atom stereocenters. The molecule has 0 aliphatic heterocycles. The molecular weight excluding hydrogens is 402 g/mol. The Labute approximate surface area is 162 Å². The summed E-state index contributed by atoms with van der Waals surface area (Å²) >= 11 is 5.68. The molecule has 0 atom stereocenters. The van der Waals surface area contributed by atoms with Gasteiger partial charge in [0.15, 0.2) is 12.0 Å². The molecule has 148 valence electrons. The molecule has 0 aliphatic carbocycles. The summed E-state index contributed by atoms with van der Waals surface area (Å²) in [5.41, 5.74) is -0.692. The molecule has 2 heterocycles. The van der Waals surface area contributed by atoms with E-state index in [-0.39, 0.29) is 23.4 Å². The summed E-state index contributed by atoms with van der Waals surface area (Å²) in [6.07, 6.45) is 1.07. The van der Waals surface area contributed by atoms with Crippen LogP contribution in [0.25, 0.3) is 0 Å². The number of anilines is 1. The van der Waals surface area contributed by atoms with Crippen molar-refractivity contribution < 1.29 is 22.4 Å². The highest BCUT2D eigenvalue weighted by atomic mass is 35.5. The minimum absolute atomic E-state index is 0.0690. The predicted molar refractivity (Wildman–Crippen MR) is 94.7 cm³/mol. The summed E-state index contributed by atoms with van der Waals surface area (Å²) in [6, 6.07) is 3.80. The van der Waals surface area contributed by atoms with Crippen molar-refractivity contribution in [1.82, 2.24) is 19.7 Å². The van der Waals surface area contributed by atoms with Crippen LogP contribution in [-0.2, 0) is 12.7 Å². The van der Waals surface area contributed by atoms with E-state index < -0.39 is 23.3 Å². The van der Waals surface area contributed by atoms with Gasteiger partial charge in [-0.25, -0.2) is 14.4 Å². The van der Waals surface area contributed by atoms with E-state index in [9.17, 15) is 22.4 Å². The van der Waals surface area contributed by atoms with Crippen molar-refractivity contribution in [3.8, 4) is 0 Å². The van der Waals surface area contributed by atoms with Crippen LogP contribution in [0.5, 0.6) is 0 Å². The van der Waals surface area contributed by atoms with Gasteiger partial charge in [-0.1, -0.05) is 23.7 Å². The van der Waals surface area contributed by atoms with Crippen molar-refractivity contribution in [2.45, 2.75) is 12.7 Å². The second-order valence-corrected chi connectivity index (χ2v) is 5.69. The minimum Gasteiger partial charge on any atom is -0.386 e. The predicted octanol–water partition coefficient (Wildman–Crippen LogP) is 4.07. The summed E-state index contributed by atoms with van der Waals surface area (Å²) < 4.78 is 52.5. The first-order valence-electron chi connectivity index (χ1n) is 7.71. The van der Waals surface area contributed by atoms with Crippen molar-refractivity contribution in [2.75, 3.05) is 12.4 Å². The maximum Gasteiger partial charge on any atom is 0.433 e. The van der Waals surface area contributed by atoms with E-state index in [1.165, 1.54) is 18.5 Å². The van der Waals surface area contributed by atoms with E-state index in [0.29, 0.717) is 4.68 Å². The number of nitrogens with one attached hydrogen (secondary N) is 1. The second-order valence-electron chi connectivity index (χ2n) is 5.31. The van der Waals surface area contributed by atoms with Crippen LogP contribution in [-0.4, -0.2) is 33.1 Å². The van der Waals surface area contributed by atoms with Crippen LogP contribution in [0.3, 0.4) is 0 Å². The molecule has 0 aliphatic rings. The average Bonchev–Trinajstić information content (AvgIpc) is 3.10. The number of halogens is 5. The Bertz CT molecular complexity index is 931. The van der Waals surface area contributed by atoms with E-state index >= 15 is 0 Å². The molecule has 0 radical (unpaired) electrons. The fourth-order valence-electron chi connectivity index (χ4n) is 2.18. The third kappa shape index (κ3) is 5.26. The lowest BCUT2D eigenvalue weighted by atomic mass is 10.2. The third-order valence-electron chi connectivity index (χ3n) is 3.46. The van der Waals surface area contributed by atoms with Gasteiger partial charge in [-0.15, -0.1) is 0 Å². The van der Waals surface area contributed by atoms with Gasteiger partial charge in [-0.2, -0.15) is 18.3 Å². The lowest BCUT2D eigenvalue weighted by molar-refractivity contribution is -0.144. The molecule has 0 bridgehead atoms. The van der Waals surface area contributed by atoms with Gasteiger partial charge in [0, 0.05) is 7.05 Å². The number of benzene rings is 1. The zero-order valence-electron chi connectivity index (χ0n) is 14.4. The number of hydrogen-bond donors (Lipinski definition) is 1. The molecule has 2 aromatic heterocycles. The number of nitrogens with zero attached hydrogens (tertiary/aromatic N) is 4. The van der Waals surface area contributed by atoms with Crippen molar-refractivity contribution in [1.29, 1.82) is 0 Å². The maximum absolute atomic E-state index is 13.2. The molecule has 1 N–H and O–H groups in total. The number of hydrogen-bond acceptors (Lipinski definition) is 5. The molecule has 28 heavy (non-hydrogen) atoms. The van der Waals surface area contributed by atoms with Crippen molar-refractivity contribution in [2.24, 2.45) is 0 Å². The molecule has 1 aromatic carbocycles. The molecule has 0 amide bonds. The number of rotatable bonds is 4. The number of aldehydes is 1. The Hall–Kier alpha value is -3.01. The summed E-state index contributed by atoms with van der Waals surface area (Å²) in [4.78, 5) is 18.2. The maximum atomic E-state index is 13.2. The van der Waals surface area contributed by atoms with Crippen LogP contribution in [0.2, 0.25) is 5.02 Å². The molecule has 3 aromatic rings. The SMILES string of the molecule is CNc1cncnc1.O=Cc1cnn(Cc2cccc(F)c2Cl)c1C(F)(F)F. The van der Waals surface area contributed by atoms with E-state index in [2.05, 4.69) is 20.4 Å². The number of carbonyl (C=O) groups is 1. The Morgan fingerprint density at radius 2 is 1.89 bits per heavy atom. The van der Waals surface area contributed by atoms with Gasteiger partial charge in [-0.3, -0.25) is 9.48 Å². The van der Waals surface area contributed by atoms with Gasteiger partial charge in [0.05, 0.1) is 41.4 Å². The molecule has 0 saturated carbocycles. The van der Waals surface area contributed by atoms with Crippen molar-refractivity contribution in [3.63, 3.8) is 0 Å². The van der Waals surface area contributed by atoms with E-state index in [0.717, 1.165) is 18.0 Å². The molecule has 0 spiro atoms. The average molecular weight is 416 g/mol. The smallest absolute Gasteiger partial charge is 0.386 e. The first kappa shape index (κ1) is 21.3. The standard InChI is InChI=1S/C12H7ClF4N2O.C5H7N3/c13-10-7(2-1-3-9(10)14)5-19-11(12(15,16)17)8(6-20)4-18-19;1-6-5-2-7-4-8-3-5/h1-4,6H,5H2;2-4,6H,1H3. The Kier molecular flexibility index (Phi) is 7.05. The molecule has 3 rings (SSSR count). The Morgan fingerprint density at radius 3 is 2.43 bits per heavy atom. The van der Waals surface area contributed by atoms with Gasteiger partial charge < -0.3 is 5.32 Å². The van der Waals surface area contributed by atoms with Gasteiger partial charge in [-0.05, 0) is 11.6 Å². The fourth-order valence-corrected chi connectivity index (χ4v) is 2.36. The van der Waals surface area contributed by atoms with E-state index in [1.54, 1.807) is 12.4 Å². The quantitative estimate of drug-likeness (QED) is 0.513. The number of carbonyl (C=O) groups excluding carboxylic acids is 1. The fraction of sp³-hybridized carbons (Fsp3) is 0.176. The second kappa shape index (κ2) is 9.27. The first-order valence-corrected chi connectivity index (χ1v) is 8.09. The summed E-state index contributed by atoms with van der Waals surface area (Å²) in [6.45, 7) is -0.390. The highest BCUT2D eigenvalue weighted by Gasteiger charge is 2.38. The molecular formula is C17H14ClF4N5O. The topological polar surface area (TPSA) is 72.7 Å². The lowest BCUT2D eigenvalue weighted by Crippen LogP contribution is -2.17. The Balaban J connectivity index is 0.000000292. The van der Waals surface area contributed by atoms with Crippen molar-refractivity contribution in [3.05, 3.63) is 70.8 Å². The number of alkyl halides is 3. The lowest BCUT2D eigenvalue weighted by Gasteiger charge is -2.12. The molecule has 0 fully saturated rings. The highest BCUT2D eigenvalue weighted by molar-refractivity contribution is 6.31. The van der Waals surface area contributed by atoms with Crippen LogP contribution in [0, 0.1) is 5.82 Å². The first-order chi connectivity index (χ1) is 13.3. The van der Waals surface area contributed by atoms with Gasteiger partial charge in [0.1, 0.15) is 12.1 Å². The third-order valence-corrected chi connectivity index (χ3v) is 3.89. The largest absolute Gasteiger partial charge is 0.433 e. The monoisotopic (exact) mass is 415 g/mol. The highest BCUT2D eigenvalue weighted by Crippen LogP contribution is 2.32. The number of aromatic nitrogens is 4. The van der Waals surface area contributed by atoms with Crippen LogP contribution >= 0.6 is 11.6 Å². The van der Waals surface area contributed by atoms with E-state index in [4.69, 9.17) is 11.6 Å². The molecule has 11 heteroatoms. The van der Waals surface area contributed by atoms with Crippen LogP contribution in [0.1, 0.15) is 21.6 Å². The molecule has 6 nitrogen and oxygen atoms in total. The summed E-state index contributed by atoms with van der Waals surface area (Å²) in [7, 11) is 1.83. The summed E-state index contributed by atoms with van der Waals surface area (Å²) in [5.74, 6) is -0.736. The Morgan fingerprint density at radius 1 is 1.21 bits per heavy atom. The van der Waals surface area contributed by atoms with Gasteiger partial charge in [0.25, 0.3) is 0 Å². The van der Waals surface area contributed by atoms with Gasteiger partial charge in [0.2, 0.25) is 0 Å². The van der Waals surface area contributed by atoms with Gasteiger partial charge >= 0.3 is 6.18 Å². The zero-order chi connectivity index (χ0) is 20.7. The van der Waals surface area contributed by atoms with Crippen LogP contribution < -0.4 is 5.32 Å². The van der Waals surface area contributed by atoms with Crippen LogP contribution in [0.15, 0.2) is 43.1 Å². The normalized spacial score (nSPS) is 10.8. The summed E-state index contributed by atoms with van der Waals surface area (Å²) in [5, 5.41) is 6.13. The van der Waals surface area contributed by atoms with Crippen LogP contribution in [0.4, 0.5) is 23.2 Å². The zero-order valence-corrected chi connectivity index (χ0v) is 15.2. The minimum atomic E-state index is -4.74.